The topological polar surface area (TPSA) is 59.5 Å². The van der Waals surface area contributed by atoms with Gasteiger partial charge in [0.15, 0.2) is 5.78 Å². The van der Waals surface area contributed by atoms with Gasteiger partial charge in [-0.05, 0) is 33.3 Å². The van der Waals surface area contributed by atoms with Crippen molar-refractivity contribution in [2.75, 3.05) is 11.6 Å². The molecule has 0 atom stereocenters. The van der Waals surface area contributed by atoms with E-state index in [0.717, 1.165) is 24.2 Å². The zero-order valence-corrected chi connectivity index (χ0v) is 15.6. The van der Waals surface area contributed by atoms with Gasteiger partial charge in [0.05, 0.1) is 23.3 Å². The van der Waals surface area contributed by atoms with Crippen LogP contribution in [0.5, 0.6) is 0 Å². The number of aromatic nitrogens is 1. The van der Waals surface area contributed by atoms with Gasteiger partial charge in [-0.25, -0.2) is 9.86 Å². The summed E-state index contributed by atoms with van der Waals surface area (Å²) in [6, 6.07) is 1.81. The lowest BCUT2D eigenvalue weighted by molar-refractivity contribution is -0.154. The van der Waals surface area contributed by atoms with Crippen LogP contribution < -0.4 is 5.06 Å². The summed E-state index contributed by atoms with van der Waals surface area (Å²) in [5.41, 5.74) is 1.33. The first-order chi connectivity index (χ1) is 11.1. The van der Waals surface area contributed by atoms with E-state index >= 15 is 0 Å². The smallest absolute Gasteiger partial charge is 0.337 e. The molecule has 1 aliphatic rings. The normalized spacial score (nSPS) is 16.0. The van der Waals surface area contributed by atoms with E-state index in [0.29, 0.717) is 18.5 Å². The van der Waals surface area contributed by atoms with E-state index in [-0.39, 0.29) is 17.2 Å². The lowest BCUT2D eigenvalue weighted by Gasteiger charge is -2.24. The minimum atomic E-state index is -0.588. The molecular weight excluding hydrogens is 304 g/mol. The van der Waals surface area contributed by atoms with Crippen molar-refractivity contribution in [3.63, 3.8) is 0 Å². The zero-order valence-electron chi connectivity index (χ0n) is 15.6. The summed E-state index contributed by atoms with van der Waals surface area (Å²) in [5, 5.41) is 1.59. The van der Waals surface area contributed by atoms with Crippen LogP contribution in [0, 0.1) is 5.41 Å². The fourth-order valence-electron chi connectivity index (χ4n) is 2.64. The van der Waals surface area contributed by atoms with Crippen LogP contribution in [0.15, 0.2) is 12.3 Å². The monoisotopic (exact) mass is 332 g/mol. The number of unbranched alkanes of at least 4 members (excludes halogenated alkanes) is 1. The summed E-state index contributed by atoms with van der Waals surface area (Å²) < 4.78 is 0. The second-order valence-corrected chi connectivity index (χ2v) is 8.17. The number of hydroxylamine groups is 1. The molecule has 0 bridgehead atoms. The predicted octanol–water partition coefficient (Wildman–Crippen LogP) is 4.06. The second kappa shape index (κ2) is 6.54. The molecule has 5 nitrogen and oxygen atoms in total. The van der Waals surface area contributed by atoms with Crippen LogP contribution in [-0.2, 0) is 15.0 Å². The summed E-state index contributed by atoms with van der Waals surface area (Å²) in [4.78, 5) is 34.6. The minimum absolute atomic E-state index is 0.0824. The standard InChI is InChI=1S/C19H28N2O3/c1-7-8-9-15(22)13-10-14-16(20-11-13)19(5,6)12-21(14)24-17(23)18(2,3)4/h10-11H,7-9,12H2,1-6H3. The van der Waals surface area contributed by atoms with Gasteiger partial charge < -0.3 is 4.84 Å². The molecule has 1 aliphatic heterocycles. The largest absolute Gasteiger partial charge is 0.340 e. The summed E-state index contributed by atoms with van der Waals surface area (Å²) in [7, 11) is 0. The Morgan fingerprint density at radius 3 is 2.58 bits per heavy atom. The third-order valence-electron chi connectivity index (χ3n) is 4.20. The van der Waals surface area contributed by atoms with Crippen molar-refractivity contribution in [2.45, 2.75) is 66.2 Å². The summed E-state index contributed by atoms with van der Waals surface area (Å²) in [5.74, 6) is -0.215. The van der Waals surface area contributed by atoms with E-state index in [1.54, 1.807) is 11.3 Å². The van der Waals surface area contributed by atoms with Gasteiger partial charge in [-0.3, -0.25) is 9.78 Å². The SMILES string of the molecule is CCCCC(=O)c1cnc2c(c1)N(OC(=O)C(C)(C)C)CC2(C)C. The summed E-state index contributed by atoms with van der Waals surface area (Å²) in [6.07, 6.45) is 4.01. The van der Waals surface area contributed by atoms with Crippen molar-refractivity contribution in [3.8, 4) is 0 Å². The van der Waals surface area contributed by atoms with Crippen LogP contribution in [-0.4, -0.2) is 23.3 Å². The number of ketones is 1. The number of carbonyl (C=O) groups excluding carboxylic acids is 2. The first-order valence-corrected chi connectivity index (χ1v) is 8.60. The molecule has 0 unspecified atom stereocenters. The van der Waals surface area contributed by atoms with Gasteiger partial charge in [0.25, 0.3) is 0 Å². The average Bonchev–Trinajstić information content (AvgIpc) is 2.74. The maximum absolute atomic E-state index is 12.3. The second-order valence-electron chi connectivity index (χ2n) is 8.17. The molecule has 0 N–H and O–H groups in total. The Bertz CT molecular complexity index is 645. The molecule has 1 aromatic rings. The first kappa shape index (κ1) is 18.4. The lowest BCUT2D eigenvalue weighted by Crippen LogP contribution is -2.35. The molecule has 2 heterocycles. The number of hydrogen-bond donors (Lipinski definition) is 0. The predicted molar refractivity (Wildman–Crippen MR) is 94.0 cm³/mol. The van der Waals surface area contributed by atoms with Crippen molar-refractivity contribution in [3.05, 3.63) is 23.5 Å². The molecule has 0 spiro atoms. The fourth-order valence-corrected chi connectivity index (χ4v) is 2.64. The highest BCUT2D eigenvalue weighted by atomic mass is 16.7. The number of Topliss-reactive ketones (excluding diaryl/α,β-unsaturated/α-hetero) is 1. The Morgan fingerprint density at radius 2 is 2.00 bits per heavy atom. The van der Waals surface area contributed by atoms with E-state index in [1.165, 1.54) is 0 Å². The van der Waals surface area contributed by atoms with Crippen molar-refractivity contribution in [2.24, 2.45) is 5.41 Å². The number of anilines is 1. The Morgan fingerprint density at radius 1 is 1.33 bits per heavy atom. The minimum Gasteiger partial charge on any atom is -0.340 e. The quantitative estimate of drug-likeness (QED) is 0.761. The van der Waals surface area contributed by atoms with Gasteiger partial charge in [0, 0.05) is 23.6 Å². The van der Waals surface area contributed by atoms with E-state index in [9.17, 15) is 9.59 Å². The first-order valence-electron chi connectivity index (χ1n) is 8.60. The number of rotatable bonds is 5. The molecular formula is C19H28N2O3. The van der Waals surface area contributed by atoms with Gasteiger partial charge in [-0.15, -0.1) is 0 Å². The van der Waals surface area contributed by atoms with Gasteiger partial charge in [0.1, 0.15) is 0 Å². The molecule has 2 rings (SSSR count). The molecule has 132 valence electrons. The van der Waals surface area contributed by atoms with Gasteiger partial charge >= 0.3 is 5.97 Å². The van der Waals surface area contributed by atoms with E-state index < -0.39 is 5.41 Å². The molecule has 0 aliphatic carbocycles. The Hall–Kier alpha value is -1.91. The molecule has 24 heavy (non-hydrogen) atoms. The summed E-state index contributed by atoms with van der Waals surface area (Å²) >= 11 is 0. The molecule has 0 amide bonds. The highest BCUT2D eigenvalue weighted by Crippen LogP contribution is 2.40. The molecule has 0 aromatic carbocycles. The Balaban J connectivity index is 2.31. The van der Waals surface area contributed by atoms with Crippen LogP contribution in [0.1, 0.15) is 76.9 Å². The van der Waals surface area contributed by atoms with Gasteiger partial charge in [-0.2, -0.15) is 0 Å². The van der Waals surface area contributed by atoms with Gasteiger partial charge in [0.2, 0.25) is 0 Å². The van der Waals surface area contributed by atoms with Crippen LogP contribution in [0.25, 0.3) is 0 Å². The van der Waals surface area contributed by atoms with Crippen LogP contribution in [0.4, 0.5) is 5.69 Å². The number of nitrogens with zero attached hydrogens (tertiary/aromatic N) is 2. The third-order valence-corrected chi connectivity index (χ3v) is 4.20. The van der Waals surface area contributed by atoms with Crippen molar-refractivity contribution in [1.82, 2.24) is 4.98 Å². The highest BCUT2D eigenvalue weighted by Gasteiger charge is 2.40. The van der Waals surface area contributed by atoms with E-state index in [1.807, 2.05) is 26.8 Å². The number of hydrogen-bond acceptors (Lipinski definition) is 5. The van der Waals surface area contributed by atoms with Crippen LogP contribution in [0.2, 0.25) is 0 Å². The molecule has 0 saturated carbocycles. The number of carbonyl (C=O) groups is 2. The Labute approximate surface area is 144 Å². The van der Waals surface area contributed by atoms with E-state index in [4.69, 9.17) is 4.84 Å². The zero-order chi connectivity index (χ0) is 18.1. The van der Waals surface area contributed by atoms with E-state index in [2.05, 4.69) is 25.8 Å². The third kappa shape index (κ3) is 3.77. The lowest BCUT2D eigenvalue weighted by atomic mass is 9.91. The Kier molecular flexibility index (Phi) is 5.02. The molecule has 0 fully saturated rings. The summed E-state index contributed by atoms with van der Waals surface area (Å²) in [6.45, 7) is 12.2. The van der Waals surface area contributed by atoms with Crippen molar-refractivity contribution in [1.29, 1.82) is 0 Å². The molecule has 5 heteroatoms. The van der Waals surface area contributed by atoms with Gasteiger partial charge in [-0.1, -0.05) is 27.2 Å². The molecule has 0 saturated heterocycles. The maximum atomic E-state index is 12.3. The molecule has 0 radical (unpaired) electrons. The molecule has 1 aromatic heterocycles. The highest BCUT2D eigenvalue weighted by molar-refractivity contribution is 5.97. The maximum Gasteiger partial charge on any atom is 0.337 e. The average molecular weight is 332 g/mol. The van der Waals surface area contributed by atoms with Crippen molar-refractivity contribution >= 4 is 17.4 Å². The number of fused-ring (bicyclic) bond motifs is 1. The van der Waals surface area contributed by atoms with Crippen molar-refractivity contribution < 1.29 is 14.4 Å². The van der Waals surface area contributed by atoms with Crippen LogP contribution >= 0.6 is 0 Å². The number of pyridine rings is 1. The fraction of sp³-hybridized carbons (Fsp3) is 0.632. The van der Waals surface area contributed by atoms with Crippen LogP contribution in [0.3, 0.4) is 0 Å².